The zero-order valence-electron chi connectivity index (χ0n) is 18.7. The van der Waals surface area contributed by atoms with Crippen molar-refractivity contribution in [2.75, 3.05) is 19.7 Å². The lowest BCUT2D eigenvalue weighted by Crippen LogP contribution is -2.31. The van der Waals surface area contributed by atoms with E-state index in [-0.39, 0.29) is 11.5 Å². The van der Waals surface area contributed by atoms with Crippen LogP contribution in [0.5, 0.6) is 5.75 Å². The van der Waals surface area contributed by atoms with E-state index in [0.717, 1.165) is 71.6 Å². The molecule has 2 saturated carbocycles. The van der Waals surface area contributed by atoms with E-state index in [2.05, 4.69) is 31.0 Å². The van der Waals surface area contributed by atoms with Crippen LogP contribution in [-0.4, -0.2) is 35.2 Å². The molecule has 2 aliphatic carbocycles. The van der Waals surface area contributed by atoms with Crippen molar-refractivity contribution in [3.63, 3.8) is 0 Å². The Morgan fingerprint density at radius 3 is 2.59 bits per heavy atom. The minimum atomic E-state index is -0.507. The Bertz CT molecular complexity index is 1060. The first kappa shape index (κ1) is 24.8. The summed E-state index contributed by atoms with van der Waals surface area (Å²) in [6, 6.07) is 9.16. The maximum absolute atomic E-state index is 14.8. The Morgan fingerprint density at radius 1 is 1.15 bits per heavy atom. The summed E-state index contributed by atoms with van der Waals surface area (Å²) < 4.78 is 27.0. The van der Waals surface area contributed by atoms with Crippen molar-refractivity contribution in [1.29, 1.82) is 0 Å². The Balaban J connectivity index is 1.15. The summed E-state index contributed by atoms with van der Waals surface area (Å²) in [6.07, 6.45) is 6.41. The van der Waals surface area contributed by atoms with Gasteiger partial charge in [-0.25, -0.2) is 8.70 Å². The number of benzene rings is 2. The summed E-state index contributed by atoms with van der Waals surface area (Å²) >= 11 is 12.8. The topological polar surface area (TPSA) is 41.6 Å². The lowest BCUT2D eigenvalue weighted by atomic mass is 9.99. The predicted molar refractivity (Wildman–Crippen MR) is 141 cm³/mol. The van der Waals surface area contributed by atoms with Gasteiger partial charge in [-0.2, -0.15) is 0 Å². The fourth-order valence-corrected chi connectivity index (χ4v) is 6.26. The number of amides is 1. The molecule has 0 bridgehead atoms. The van der Waals surface area contributed by atoms with E-state index in [9.17, 15) is 9.18 Å². The molecule has 0 spiro atoms. The van der Waals surface area contributed by atoms with E-state index in [0.29, 0.717) is 29.4 Å². The Hall–Kier alpha value is -0.930. The van der Waals surface area contributed by atoms with Crippen LogP contribution in [0, 0.1) is 11.7 Å². The lowest BCUT2D eigenvalue weighted by molar-refractivity contribution is 0.0980. The number of halogens is 3. The third-order valence-corrected chi connectivity index (χ3v) is 9.81. The van der Waals surface area contributed by atoms with Crippen LogP contribution in [0.2, 0.25) is 5.02 Å². The number of carbonyl (C=O) groups excluding carboxylic acids is 1. The van der Waals surface area contributed by atoms with Gasteiger partial charge in [-0.3, -0.25) is 9.52 Å². The average molecular weight is 586 g/mol. The molecule has 2 aromatic rings. The Kier molecular flexibility index (Phi) is 8.00. The van der Waals surface area contributed by atoms with Crippen molar-refractivity contribution in [3.8, 4) is 5.75 Å². The fraction of sp³-hybridized carbons (Fsp3) is 0.480. The molecule has 9 heteroatoms. The van der Waals surface area contributed by atoms with Crippen LogP contribution in [0.25, 0.3) is 0 Å². The van der Waals surface area contributed by atoms with E-state index in [1.54, 1.807) is 18.0 Å². The normalized spacial score (nSPS) is 19.3. The summed E-state index contributed by atoms with van der Waals surface area (Å²) in [5, 5.41) is 1.20. The van der Waals surface area contributed by atoms with Crippen LogP contribution >= 0.6 is 51.4 Å². The van der Waals surface area contributed by atoms with Crippen LogP contribution in [0.3, 0.4) is 0 Å². The van der Waals surface area contributed by atoms with Gasteiger partial charge in [-0.05, 0) is 120 Å². The number of ether oxygens (including phenoxy) is 1. The molecule has 1 saturated heterocycles. The van der Waals surface area contributed by atoms with Gasteiger partial charge in [-0.1, -0.05) is 11.6 Å². The SMILES string of the molecule is O=C(NSC1CC1)c1cc(C2CC2)c(OCC2CCN(Sc3ccc(Br)c(Cl)c3)CC2)cc1F. The highest BCUT2D eigenvalue weighted by atomic mass is 79.9. The van der Waals surface area contributed by atoms with Gasteiger partial charge in [-0.15, -0.1) is 0 Å². The number of nitrogens with one attached hydrogen (secondary N) is 1. The number of piperidine rings is 1. The minimum absolute atomic E-state index is 0.126. The molecule has 4 nitrogen and oxygen atoms in total. The van der Waals surface area contributed by atoms with Gasteiger partial charge in [0, 0.05) is 33.8 Å². The van der Waals surface area contributed by atoms with E-state index >= 15 is 0 Å². The summed E-state index contributed by atoms with van der Waals surface area (Å²) in [6.45, 7) is 2.51. The van der Waals surface area contributed by atoms with Crippen LogP contribution < -0.4 is 9.46 Å². The standard InChI is InChI=1S/C25H27BrClFN2O2S2/c26-21-6-5-18(11-22(21)27)34-30-9-7-15(8-10-30)14-32-24-13-23(28)20(12-19(24)16-1-2-16)25(31)29-33-17-3-4-17/h5-6,11-13,15-17H,1-4,7-10,14H2,(H,29,31). The molecule has 3 fully saturated rings. The van der Waals surface area contributed by atoms with Crippen molar-refractivity contribution < 1.29 is 13.9 Å². The molecule has 1 N–H and O–H groups in total. The first-order valence-electron chi connectivity index (χ1n) is 11.8. The first-order chi connectivity index (χ1) is 16.5. The predicted octanol–water partition coefficient (Wildman–Crippen LogP) is 7.46. The van der Waals surface area contributed by atoms with Gasteiger partial charge in [0.2, 0.25) is 0 Å². The van der Waals surface area contributed by atoms with Gasteiger partial charge in [0.15, 0.2) is 0 Å². The molecule has 5 rings (SSSR count). The number of carbonyl (C=O) groups is 1. The van der Waals surface area contributed by atoms with Crippen molar-refractivity contribution in [1.82, 2.24) is 9.03 Å². The number of rotatable bonds is 9. The second-order valence-electron chi connectivity index (χ2n) is 9.24. The second-order valence-corrected chi connectivity index (χ2v) is 12.8. The average Bonchev–Trinajstić information content (AvgIpc) is 3.74. The minimum Gasteiger partial charge on any atom is -0.493 e. The monoisotopic (exact) mass is 584 g/mol. The molecule has 0 atom stereocenters. The van der Waals surface area contributed by atoms with E-state index in [1.165, 1.54) is 18.0 Å². The van der Waals surface area contributed by atoms with Crippen molar-refractivity contribution >= 4 is 57.3 Å². The molecule has 182 valence electrons. The number of hydrogen-bond donors (Lipinski definition) is 1. The van der Waals surface area contributed by atoms with Gasteiger partial charge in [0.05, 0.1) is 17.2 Å². The van der Waals surface area contributed by atoms with E-state index in [1.807, 2.05) is 12.1 Å². The van der Waals surface area contributed by atoms with Crippen LogP contribution in [0.4, 0.5) is 4.39 Å². The van der Waals surface area contributed by atoms with Crippen LogP contribution in [0.1, 0.15) is 60.4 Å². The fourth-order valence-electron chi connectivity index (χ4n) is 4.02. The van der Waals surface area contributed by atoms with E-state index < -0.39 is 5.82 Å². The lowest BCUT2D eigenvalue weighted by Gasteiger charge is -2.31. The molecular formula is C25H27BrClFN2O2S2. The highest BCUT2D eigenvalue weighted by molar-refractivity contribution is 9.10. The third kappa shape index (κ3) is 6.44. The Labute approximate surface area is 222 Å². The van der Waals surface area contributed by atoms with Crippen molar-refractivity contribution in [2.45, 2.75) is 54.6 Å². The van der Waals surface area contributed by atoms with Gasteiger partial charge >= 0.3 is 0 Å². The zero-order valence-corrected chi connectivity index (χ0v) is 22.7. The van der Waals surface area contributed by atoms with Crippen molar-refractivity contribution in [3.05, 3.63) is 56.8 Å². The maximum atomic E-state index is 14.8. The molecule has 34 heavy (non-hydrogen) atoms. The molecule has 0 aromatic heterocycles. The summed E-state index contributed by atoms with van der Waals surface area (Å²) in [5.74, 6) is 0.549. The Morgan fingerprint density at radius 2 is 1.91 bits per heavy atom. The zero-order chi connectivity index (χ0) is 23.7. The molecule has 0 radical (unpaired) electrons. The smallest absolute Gasteiger partial charge is 0.264 e. The molecular weight excluding hydrogens is 559 g/mol. The highest BCUT2D eigenvalue weighted by Crippen LogP contribution is 2.45. The second kappa shape index (κ2) is 11.0. The molecule has 0 unspecified atom stereocenters. The molecule has 1 amide bonds. The quantitative estimate of drug-likeness (QED) is 0.310. The van der Waals surface area contributed by atoms with E-state index in [4.69, 9.17) is 16.3 Å². The third-order valence-electron chi connectivity index (χ3n) is 6.38. The molecule has 1 aliphatic heterocycles. The van der Waals surface area contributed by atoms with Gasteiger partial charge in [0.25, 0.3) is 5.91 Å². The van der Waals surface area contributed by atoms with Crippen LogP contribution in [-0.2, 0) is 0 Å². The van der Waals surface area contributed by atoms with Gasteiger partial charge < -0.3 is 4.74 Å². The molecule has 3 aliphatic rings. The number of hydrogen-bond acceptors (Lipinski definition) is 5. The van der Waals surface area contributed by atoms with Crippen molar-refractivity contribution in [2.24, 2.45) is 5.92 Å². The van der Waals surface area contributed by atoms with Gasteiger partial charge in [0.1, 0.15) is 11.6 Å². The molecule has 2 aromatic carbocycles. The first-order valence-corrected chi connectivity index (χ1v) is 14.6. The summed E-state index contributed by atoms with van der Waals surface area (Å²) in [5.41, 5.74) is 1.10. The highest BCUT2D eigenvalue weighted by Gasteiger charge is 2.31. The number of nitrogens with zero attached hydrogens (tertiary/aromatic N) is 1. The largest absolute Gasteiger partial charge is 0.493 e. The molecule has 1 heterocycles. The summed E-state index contributed by atoms with van der Waals surface area (Å²) in [4.78, 5) is 13.6. The van der Waals surface area contributed by atoms with Crippen LogP contribution in [0.15, 0.2) is 39.7 Å². The maximum Gasteiger partial charge on any atom is 0.264 e. The summed E-state index contributed by atoms with van der Waals surface area (Å²) in [7, 11) is 0.